The van der Waals surface area contributed by atoms with Crippen LogP contribution in [0, 0.1) is 17.2 Å². The molecule has 1 saturated carbocycles. The third-order valence-electron chi connectivity index (χ3n) is 3.82. The summed E-state index contributed by atoms with van der Waals surface area (Å²) in [4.78, 5) is 0. The molecule has 17 heavy (non-hydrogen) atoms. The Balaban J connectivity index is 1.98. The van der Waals surface area contributed by atoms with E-state index in [-0.39, 0.29) is 5.41 Å². The van der Waals surface area contributed by atoms with E-state index in [1.54, 1.807) is 0 Å². The van der Waals surface area contributed by atoms with Crippen molar-refractivity contribution in [2.75, 3.05) is 0 Å². The molecule has 3 heteroatoms. The molecule has 1 aromatic rings. The van der Waals surface area contributed by atoms with Gasteiger partial charge in [-0.1, -0.05) is 18.2 Å². The molecule has 0 spiro atoms. The molecule has 0 heterocycles. The average molecular weight is 223 g/mol. The van der Waals surface area contributed by atoms with Crippen molar-refractivity contribution in [3.8, 4) is 6.07 Å². The number of nitrogens with two attached hydrogens (primary N) is 2. The van der Waals surface area contributed by atoms with Crippen LogP contribution in [0.4, 0.5) is 0 Å². The standard InChI is InChI=1S/C14H13N3/c15-8-9-1-3-10(4-2-9)14-6-5-12(16)13(17)11(14)7-14/h1-6,11H,7,16-17H2/t11-,14?/m1/s1. The van der Waals surface area contributed by atoms with Crippen LogP contribution in [-0.4, -0.2) is 0 Å². The van der Waals surface area contributed by atoms with Crippen LogP contribution < -0.4 is 11.5 Å². The maximum absolute atomic E-state index is 8.78. The Morgan fingerprint density at radius 1 is 1.24 bits per heavy atom. The molecule has 1 aromatic carbocycles. The minimum atomic E-state index is 0.0287. The van der Waals surface area contributed by atoms with Crippen LogP contribution in [0.2, 0.25) is 0 Å². The summed E-state index contributed by atoms with van der Waals surface area (Å²) in [5, 5.41) is 8.78. The molecule has 1 unspecified atom stereocenters. The summed E-state index contributed by atoms with van der Waals surface area (Å²) >= 11 is 0. The van der Waals surface area contributed by atoms with E-state index in [9.17, 15) is 0 Å². The SMILES string of the molecule is N#Cc1ccc(C23C=CC(N)=C(N)[C@H]2C3)cc1. The lowest BCUT2D eigenvalue weighted by Crippen LogP contribution is -2.19. The number of hydrogen-bond donors (Lipinski definition) is 2. The minimum Gasteiger partial charge on any atom is -0.400 e. The van der Waals surface area contributed by atoms with E-state index in [2.05, 4.69) is 12.1 Å². The van der Waals surface area contributed by atoms with Crippen LogP contribution in [0.15, 0.2) is 47.8 Å². The smallest absolute Gasteiger partial charge is 0.0991 e. The lowest BCUT2D eigenvalue weighted by molar-refractivity contribution is 0.765. The molecule has 2 aliphatic carbocycles. The predicted molar refractivity (Wildman–Crippen MR) is 65.5 cm³/mol. The summed E-state index contributed by atoms with van der Waals surface area (Å²) < 4.78 is 0. The second-order valence-electron chi connectivity index (χ2n) is 4.73. The molecule has 0 bridgehead atoms. The number of rotatable bonds is 1. The highest BCUT2D eigenvalue weighted by Crippen LogP contribution is 2.59. The van der Waals surface area contributed by atoms with Gasteiger partial charge < -0.3 is 11.5 Å². The highest BCUT2D eigenvalue weighted by Gasteiger charge is 2.56. The van der Waals surface area contributed by atoms with Gasteiger partial charge in [-0.25, -0.2) is 0 Å². The van der Waals surface area contributed by atoms with Crippen molar-refractivity contribution in [2.24, 2.45) is 17.4 Å². The van der Waals surface area contributed by atoms with Crippen molar-refractivity contribution in [3.05, 3.63) is 58.9 Å². The molecule has 0 aliphatic heterocycles. The predicted octanol–water partition coefficient (Wildman–Crippen LogP) is 1.51. The highest BCUT2D eigenvalue weighted by molar-refractivity contribution is 5.51. The first-order valence-electron chi connectivity index (χ1n) is 5.62. The molecule has 2 aliphatic rings. The van der Waals surface area contributed by atoms with E-state index in [4.69, 9.17) is 16.7 Å². The largest absolute Gasteiger partial charge is 0.400 e. The van der Waals surface area contributed by atoms with Gasteiger partial charge in [0.25, 0.3) is 0 Å². The molecule has 0 amide bonds. The Morgan fingerprint density at radius 2 is 1.94 bits per heavy atom. The van der Waals surface area contributed by atoms with Gasteiger partial charge >= 0.3 is 0 Å². The van der Waals surface area contributed by atoms with Gasteiger partial charge in [0.2, 0.25) is 0 Å². The molecule has 4 N–H and O–H groups in total. The van der Waals surface area contributed by atoms with E-state index in [1.807, 2.05) is 30.3 Å². The maximum Gasteiger partial charge on any atom is 0.0991 e. The van der Waals surface area contributed by atoms with Gasteiger partial charge in [-0.15, -0.1) is 0 Å². The first kappa shape index (κ1) is 9.98. The Bertz CT molecular complexity index is 574. The first-order chi connectivity index (χ1) is 8.17. The fourth-order valence-electron chi connectivity index (χ4n) is 2.66. The summed E-state index contributed by atoms with van der Waals surface area (Å²) in [5.41, 5.74) is 15.2. The summed E-state index contributed by atoms with van der Waals surface area (Å²) in [5.74, 6) is 0.334. The van der Waals surface area contributed by atoms with Crippen molar-refractivity contribution in [1.29, 1.82) is 5.26 Å². The highest BCUT2D eigenvalue weighted by atomic mass is 14.8. The molecule has 0 saturated heterocycles. The molecular formula is C14H13N3. The zero-order valence-corrected chi connectivity index (χ0v) is 9.35. The molecule has 2 atom stereocenters. The van der Waals surface area contributed by atoms with Crippen LogP contribution in [0.25, 0.3) is 0 Å². The number of hydrogen-bond acceptors (Lipinski definition) is 3. The molecular weight excluding hydrogens is 210 g/mol. The van der Waals surface area contributed by atoms with Gasteiger partial charge in [0.1, 0.15) is 0 Å². The number of allylic oxidation sites excluding steroid dienone is 3. The summed E-state index contributed by atoms with van der Waals surface area (Å²) in [6.07, 6.45) is 5.06. The van der Waals surface area contributed by atoms with Crippen LogP contribution in [0.1, 0.15) is 17.5 Å². The van der Waals surface area contributed by atoms with Gasteiger partial charge in [0, 0.05) is 17.0 Å². The van der Waals surface area contributed by atoms with Gasteiger partial charge in [0.05, 0.1) is 17.3 Å². The second kappa shape index (κ2) is 3.14. The molecule has 3 rings (SSSR count). The monoisotopic (exact) mass is 223 g/mol. The summed E-state index contributed by atoms with van der Waals surface area (Å²) in [6, 6.07) is 9.85. The number of fused-ring (bicyclic) bond motifs is 1. The Kier molecular flexibility index (Phi) is 1.84. The van der Waals surface area contributed by atoms with E-state index in [0.29, 0.717) is 17.2 Å². The molecule has 0 radical (unpaired) electrons. The summed E-state index contributed by atoms with van der Waals surface area (Å²) in [7, 11) is 0. The van der Waals surface area contributed by atoms with Crippen molar-refractivity contribution in [1.82, 2.24) is 0 Å². The van der Waals surface area contributed by atoms with Crippen molar-refractivity contribution >= 4 is 0 Å². The molecule has 0 aromatic heterocycles. The number of nitriles is 1. The zero-order valence-electron chi connectivity index (χ0n) is 9.35. The van der Waals surface area contributed by atoms with Gasteiger partial charge in [0.15, 0.2) is 0 Å². The van der Waals surface area contributed by atoms with E-state index < -0.39 is 0 Å². The second-order valence-corrected chi connectivity index (χ2v) is 4.73. The van der Waals surface area contributed by atoms with E-state index >= 15 is 0 Å². The third kappa shape index (κ3) is 1.27. The maximum atomic E-state index is 8.78. The van der Waals surface area contributed by atoms with Crippen molar-refractivity contribution in [2.45, 2.75) is 11.8 Å². The van der Waals surface area contributed by atoms with Crippen LogP contribution in [-0.2, 0) is 5.41 Å². The van der Waals surface area contributed by atoms with Gasteiger partial charge in [-0.2, -0.15) is 5.26 Å². The lowest BCUT2D eigenvalue weighted by Gasteiger charge is -2.18. The fourth-order valence-corrected chi connectivity index (χ4v) is 2.66. The third-order valence-corrected chi connectivity index (χ3v) is 3.82. The quantitative estimate of drug-likeness (QED) is 0.757. The average Bonchev–Trinajstić information content (AvgIpc) is 3.11. The van der Waals surface area contributed by atoms with Gasteiger partial charge in [-0.05, 0) is 30.2 Å². The van der Waals surface area contributed by atoms with Crippen molar-refractivity contribution in [3.63, 3.8) is 0 Å². The lowest BCUT2D eigenvalue weighted by atomic mass is 9.88. The Hall–Kier alpha value is -2.21. The molecule has 3 nitrogen and oxygen atoms in total. The fraction of sp³-hybridized carbons (Fsp3) is 0.214. The molecule has 84 valence electrons. The Morgan fingerprint density at radius 3 is 2.59 bits per heavy atom. The normalized spacial score (nSPS) is 29.7. The topological polar surface area (TPSA) is 75.8 Å². The van der Waals surface area contributed by atoms with Crippen molar-refractivity contribution < 1.29 is 0 Å². The number of benzene rings is 1. The summed E-state index contributed by atoms with van der Waals surface area (Å²) in [6.45, 7) is 0. The minimum absolute atomic E-state index is 0.0287. The number of nitrogens with zero attached hydrogens (tertiary/aromatic N) is 1. The van der Waals surface area contributed by atoms with Crippen LogP contribution in [0.5, 0.6) is 0 Å². The molecule has 1 fully saturated rings. The van der Waals surface area contributed by atoms with E-state index in [1.165, 1.54) is 5.56 Å². The van der Waals surface area contributed by atoms with Gasteiger partial charge in [-0.3, -0.25) is 0 Å². The zero-order chi connectivity index (χ0) is 12.0. The van der Waals surface area contributed by atoms with E-state index in [0.717, 1.165) is 12.1 Å². The Labute approximate surface area is 100 Å². The van der Waals surface area contributed by atoms with Crippen LogP contribution in [0.3, 0.4) is 0 Å². The van der Waals surface area contributed by atoms with Crippen LogP contribution >= 0.6 is 0 Å². The first-order valence-corrected chi connectivity index (χ1v) is 5.62.